The molecule has 9 heteroatoms. The lowest BCUT2D eigenvalue weighted by Gasteiger charge is -2.13. The number of rotatable bonds is 6. The molecule has 0 radical (unpaired) electrons. The van der Waals surface area contributed by atoms with Crippen LogP contribution in [0, 0.1) is 0 Å². The average Bonchev–Trinajstić information content (AvgIpc) is 2.47. The maximum absolute atomic E-state index is 12.1. The monoisotopic (exact) mass is 348 g/mol. The minimum absolute atomic E-state index is 0.0307. The Bertz CT molecular complexity index is 675. The van der Waals surface area contributed by atoms with Crippen molar-refractivity contribution in [1.29, 1.82) is 0 Å². The van der Waals surface area contributed by atoms with Crippen LogP contribution in [-0.4, -0.2) is 40.0 Å². The lowest BCUT2D eigenvalue weighted by molar-refractivity contribution is -0.128. The van der Waals surface area contributed by atoms with Crippen molar-refractivity contribution in [2.75, 3.05) is 13.6 Å². The van der Waals surface area contributed by atoms with E-state index in [1.165, 1.54) is 26.1 Å². The molecule has 122 valence electrons. The molecule has 0 aliphatic heterocycles. The molecule has 2 N–H and O–H groups in total. The lowest BCUT2D eigenvalue weighted by Crippen LogP contribution is -2.35. The van der Waals surface area contributed by atoms with Crippen molar-refractivity contribution in [3.05, 3.63) is 28.8 Å². The smallest absolute Gasteiger partial charge is 0.340 e. The molecule has 0 saturated heterocycles. The summed E-state index contributed by atoms with van der Waals surface area (Å²) in [4.78, 5) is 23.5. The van der Waals surface area contributed by atoms with Crippen LogP contribution in [0.1, 0.15) is 24.2 Å². The van der Waals surface area contributed by atoms with Crippen LogP contribution < -0.4 is 10.0 Å². The van der Waals surface area contributed by atoms with Crippen molar-refractivity contribution in [3.8, 4) is 0 Å². The molecule has 7 nitrogen and oxygen atoms in total. The molecule has 22 heavy (non-hydrogen) atoms. The van der Waals surface area contributed by atoms with Gasteiger partial charge in [0.25, 0.3) is 5.91 Å². The molecule has 1 aromatic rings. The van der Waals surface area contributed by atoms with Gasteiger partial charge in [0.2, 0.25) is 10.0 Å². The van der Waals surface area contributed by atoms with Gasteiger partial charge in [0.15, 0.2) is 6.10 Å². The number of carbonyl (C=O) groups is 2. The van der Waals surface area contributed by atoms with Crippen LogP contribution in [0.15, 0.2) is 23.1 Å². The number of benzene rings is 1. The molecule has 0 bridgehead atoms. The third kappa shape index (κ3) is 4.43. The third-order valence-electron chi connectivity index (χ3n) is 2.74. The van der Waals surface area contributed by atoms with Gasteiger partial charge in [-0.15, -0.1) is 0 Å². The summed E-state index contributed by atoms with van der Waals surface area (Å²) in [6.07, 6.45) is -1.02. The first-order valence-electron chi connectivity index (χ1n) is 6.44. The fraction of sp³-hybridized carbons (Fsp3) is 0.385. The quantitative estimate of drug-likeness (QED) is 0.745. The van der Waals surface area contributed by atoms with Crippen molar-refractivity contribution in [2.45, 2.75) is 24.8 Å². The molecule has 0 fully saturated rings. The summed E-state index contributed by atoms with van der Waals surface area (Å²) < 4.78 is 30.6. The van der Waals surface area contributed by atoms with E-state index in [-0.39, 0.29) is 15.5 Å². The number of sulfonamides is 1. The van der Waals surface area contributed by atoms with E-state index >= 15 is 0 Å². The highest BCUT2D eigenvalue weighted by molar-refractivity contribution is 7.89. The number of esters is 1. The molecular formula is C13H17ClN2O5S. The third-order valence-corrected chi connectivity index (χ3v) is 4.48. The number of nitrogens with one attached hydrogen (secondary N) is 2. The zero-order valence-corrected chi connectivity index (χ0v) is 13.9. The Morgan fingerprint density at radius 2 is 2.00 bits per heavy atom. The van der Waals surface area contributed by atoms with Crippen molar-refractivity contribution in [1.82, 2.24) is 10.0 Å². The maximum atomic E-state index is 12.1. The van der Waals surface area contributed by atoms with E-state index in [2.05, 4.69) is 10.0 Å². The molecule has 0 aliphatic rings. The second-order valence-electron chi connectivity index (χ2n) is 4.29. The Morgan fingerprint density at radius 3 is 2.55 bits per heavy atom. The van der Waals surface area contributed by atoms with Crippen molar-refractivity contribution in [2.24, 2.45) is 0 Å². The van der Waals surface area contributed by atoms with Gasteiger partial charge in [-0.2, -0.15) is 0 Å². The van der Waals surface area contributed by atoms with Gasteiger partial charge in [-0.1, -0.05) is 11.6 Å². The predicted octanol–water partition coefficient (Wildman–Crippen LogP) is 0.930. The summed E-state index contributed by atoms with van der Waals surface area (Å²) in [6.45, 7) is 3.54. The minimum Gasteiger partial charge on any atom is -0.449 e. The van der Waals surface area contributed by atoms with E-state index in [0.717, 1.165) is 6.07 Å². The average molecular weight is 349 g/mol. The van der Waals surface area contributed by atoms with E-state index < -0.39 is 28.0 Å². The van der Waals surface area contributed by atoms with Gasteiger partial charge >= 0.3 is 5.97 Å². The van der Waals surface area contributed by atoms with Crippen LogP contribution in [0.3, 0.4) is 0 Å². The van der Waals surface area contributed by atoms with Crippen LogP contribution in [0.5, 0.6) is 0 Å². The molecule has 1 amide bonds. The highest BCUT2D eigenvalue weighted by atomic mass is 35.5. The first-order chi connectivity index (χ1) is 10.2. The van der Waals surface area contributed by atoms with Gasteiger partial charge in [0, 0.05) is 6.54 Å². The molecular weight excluding hydrogens is 332 g/mol. The van der Waals surface area contributed by atoms with E-state index in [0.29, 0.717) is 6.54 Å². The number of amides is 1. The number of hydrogen-bond donors (Lipinski definition) is 2. The summed E-state index contributed by atoms with van der Waals surface area (Å²) in [5, 5.41) is 2.54. The van der Waals surface area contributed by atoms with E-state index in [1.54, 1.807) is 6.92 Å². The predicted molar refractivity (Wildman–Crippen MR) is 81.3 cm³/mol. The topological polar surface area (TPSA) is 102 Å². The largest absolute Gasteiger partial charge is 0.449 e. The first kappa shape index (κ1) is 18.4. The highest BCUT2D eigenvalue weighted by Gasteiger charge is 2.22. The molecule has 0 saturated carbocycles. The van der Waals surface area contributed by atoms with E-state index in [1.807, 2.05) is 0 Å². The van der Waals surface area contributed by atoms with Gasteiger partial charge in [-0.3, -0.25) is 4.79 Å². The second-order valence-corrected chi connectivity index (χ2v) is 6.59. The van der Waals surface area contributed by atoms with Crippen LogP contribution in [0.4, 0.5) is 0 Å². The zero-order valence-electron chi connectivity index (χ0n) is 12.3. The standard InChI is InChI=1S/C13H17ClN2O5S/c1-4-16-12(17)8(2)21-13(18)10-7-9(5-6-11(10)14)22(19,20)15-3/h5-8,15H,4H2,1-3H3,(H,16,17)/t8-/m1/s1. The van der Waals surface area contributed by atoms with Crippen molar-refractivity contribution >= 4 is 33.5 Å². The Kier molecular flexibility index (Phi) is 6.34. The maximum Gasteiger partial charge on any atom is 0.340 e. The van der Waals surface area contributed by atoms with E-state index in [9.17, 15) is 18.0 Å². The minimum atomic E-state index is -3.72. The molecule has 0 unspecified atom stereocenters. The molecule has 0 spiro atoms. The molecule has 0 aliphatic carbocycles. The summed E-state index contributed by atoms with van der Waals surface area (Å²) in [5.74, 6) is -1.33. The molecule has 0 aromatic heterocycles. The fourth-order valence-corrected chi connectivity index (χ4v) is 2.49. The van der Waals surface area contributed by atoms with Gasteiger partial charge in [0.05, 0.1) is 15.5 Å². The molecule has 1 aromatic carbocycles. The Morgan fingerprint density at radius 1 is 1.36 bits per heavy atom. The van der Waals surface area contributed by atoms with Gasteiger partial charge in [0.1, 0.15) is 0 Å². The summed E-state index contributed by atoms with van der Waals surface area (Å²) in [5.41, 5.74) is -0.130. The van der Waals surface area contributed by atoms with Crippen LogP contribution in [0.2, 0.25) is 5.02 Å². The second kappa shape index (κ2) is 7.57. The van der Waals surface area contributed by atoms with Gasteiger partial charge in [-0.25, -0.2) is 17.9 Å². The molecule has 0 heterocycles. The van der Waals surface area contributed by atoms with Crippen molar-refractivity contribution < 1.29 is 22.7 Å². The van der Waals surface area contributed by atoms with Crippen molar-refractivity contribution in [3.63, 3.8) is 0 Å². The zero-order chi connectivity index (χ0) is 16.9. The first-order valence-corrected chi connectivity index (χ1v) is 8.30. The summed E-state index contributed by atoms with van der Waals surface area (Å²) in [7, 11) is -2.47. The molecule has 1 atom stereocenters. The van der Waals surface area contributed by atoms with Crippen LogP contribution >= 0.6 is 11.6 Å². The van der Waals surface area contributed by atoms with Gasteiger partial charge < -0.3 is 10.1 Å². The number of hydrogen-bond acceptors (Lipinski definition) is 5. The summed E-state index contributed by atoms with van der Waals surface area (Å²) >= 11 is 5.89. The lowest BCUT2D eigenvalue weighted by atomic mass is 10.2. The number of halogens is 1. The Balaban J connectivity index is 3.03. The number of carbonyl (C=O) groups excluding carboxylic acids is 2. The Labute approximate surface area is 134 Å². The van der Waals surface area contributed by atoms with E-state index in [4.69, 9.17) is 16.3 Å². The normalized spacial score (nSPS) is 12.5. The van der Waals surface area contributed by atoms with Crippen LogP contribution in [0.25, 0.3) is 0 Å². The molecule has 1 rings (SSSR count). The number of likely N-dealkylation sites (N-methyl/N-ethyl adjacent to an activating group) is 1. The number of ether oxygens (including phenoxy) is 1. The van der Waals surface area contributed by atoms with Crippen LogP contribution in [-0.2, 0) is 19.6 Å². The highest BCUT2D eigenvalue weighted by Crippen LogP contribution is 2.21. The van der Waals surface area contributed by atoms with Gasteiger partial charge in [-0.05, 0) is 39.1 Å². The summed E-state index contributed by atoms with van der Waals surface area (Å²) in [6, 6.07) is 3.64. The SMILES string of the molecule is CCNC(=O)[C@@H](C)OC(=O)c1cc(S(=O)(=O)NC)ccc1Cl. The Hall–Kier alpha value is -1.64. The fourth-order valence-electron chi connectivity index (χ4n) is 1.54.